The highest BCUT2D eigenvalue weighted by Crippen LogP contribution is 2.19. The fourth-order valence-electron chi connectivity index (χ4n) is 1.76. The number of hydrogen-bond acceptors (Lipinski definition) is 4. The second kappa shape index (κ2) is 9.07. The van der Waals surface area contributed by atoms with Crippen LogP contribution >= 0.6 is 0 Å². The van der Waals surface area contributed by atoms with Gasteiger partial charge in [0.05, 0.1) is 20.3 Å². The molecule has 0 aromatic heterocycles. The molecule has 3 N–H and O–H groups in total. The summed E-state index contributed by atoms with van der Waals surface area (Å²) in [5.41, 5.74) is 5.80. The maximum atomic E-state index is 5.80. The molecule has 118 valence electrons. The zero-order valence-corrected chi connectivity index (χ0v) is 13.1. The van der Waals surface area contributed by atoms with Crippen molar-refractivity contribution in [3.05, 3.63) is 24.3 Å². The first-order valence-corrected chi connectivity index (χ1v) is 6.91. The van der Waals surface area contributed by atoms with Crippen LogP contribution in [0.2, 0.25) is 0 Å². The van der Waals surface area contributed by atoms with Crippen LogP contribution in [-0.4, -0.2) is 45.5 Å². The third-order valence-corrected chi connectivity index (χ3v) is 2.71. The van der Waals surface area contributed by atoms with Crippen LogP contribution < -0.4 is 20.5 Å². The summed E-state index contributed by atoms with van der Waals surface area (Å²) >= 11 is 0. The van der Waals surface area contributed by atoms with Gasteiger partial charge in [-0.15, -0.1) is 0 Å². The summed E-state index contributed by atoms with van der Waals surface area (Å²) in [6, 6.07) is 7.59. The Hall–Kier alpha value is -1.95. The van der Waals surface area contributed by atoms with E-state index in [9.17, 15) is 0 Å². The van der Waals surface area contributed by atoms with Crippen LogP contribution in [0.4, 0.5) is 0 Å². The fourth-order valence-corrected chi connectivity index (χ4v) is 1.76. The molecule has 0 amide bonds. The number of rotatable bonds is 8. The number of aliphatic imine (C=N–C) groups is 1. The van der Waals surface area contributed by atoms with Gasteiger partial charge in [0, 0.05) is 19.2 Å². The third kappa shape index (κ3) is 6.85. The molecule has 1 aromatic rings. The highest BCUT2D eigenvalue weighted by Gasteiger charge is 2.06. The van der Waals surface area contributed by atoms with Crippen LogP contribution in [0.5, 0.6) is 11.5 Å². The molecule has 0 bridgehead atoms. The maximum absolute atomic E-state index is 5.80. The van der Waals surface area contributed by atoms with Crippen molar-refractivity contribution in [2.45, 2.75) is 26.0 Å². The smallest absolute Gasteiger partial charge is 0.189 e. The van der Waals surface area contributed by atoms with Crippen molar-refractivity contribution in [2.75, 3.05) is 27.4 Å². The van der Waals surface area contributed by atoms with Gasteiger partial charge >= 0.3 is 0 Å². The number of nitrogens with two attached hydrogens (primary N) is 1. The highest BCUT2D eigenvalue weighted by atomic mass is 16.5. The quantitative estimate of drug-likeness (QED) is 0.560. The largest absolute Gasteiger partial charge is 0.497 e. The summed E-state index contributed by atoms with van der Waals surface area (Å²) < 4.78 is 15.9. The first-order chi connectivity index (χ1) is 10.0. The average Bonchev–Trinajstić information content (AvgIpc) is 2.45. The molecule has 0 aliphatic heterocycles. The standard InChI is InChI=1S/C15H25N3O3/c1-11(10-19-3)18-15(16)17-9-12(2)21-14-7-5-6-13(8-14)20-4/h5-8,11-12H,9-10H2,1-4H3,(H3,16,17,18). The number of nitrogens with one attached hydrogen (secondary N) is 1. The lowest BCUT2D eigenvalue weighted by Crippen LogP contribution is -2.41. The number of guanidine groups is 1. The Balaban J connectivity index is 2.43. The Kier molecular flexibility index (Phi) is 7.39. The number of methoxy groups -OCH3 is 2. The first kappa shape index (κ1) is 17.1. The van der Waals surface area contributed by atoms with Gasteiger partial charge < -0.3 is 25.3 Å². The monoisotopic (exact) mass is 295 g/mol. The van der Waals surface area contributed by atoms with Gasteiger partial charge in [0.25, 0.3) is 0 Å². The molecule has 1 aromatic carbocycles. The molecule has 0 aliphatic carbocycles. The zero-order valence-electron chi connectivity index (χ0n) is 13.1. The number of hydrogen-bond donors (Lipinski definition) is 2. The molecule has 6 heteroatoms. The van der Waals surface area contributed by atoms with E-state index in [1.165, 1.54) is 0 Å². The summed E-state index contributed by atoms with van der Waals surface area (Å²) in [6.45, 7) is 4.96. The summed E-state index contributed by atoms with van der Waals surface area (Å²) in [4.78, 5) is 4.26. The summed E-state index contributed by atoms with van der Waals surface area (Å²) in [6.07, 6.45) is -0.0878. The Bertz CT molecular complexity index is 452. The van der Waals surface area contributed by atoms with Crippen molar-refractivity contribution in [3.63, 3.8) is 0 Å². The van der Waals surface area contributed by atoms with E-state index in [4.69, 9.17) is 19.9 Å². The predicted octanol–water partition coefficient (Wildman–Crippen LogP) is 1.40. The topological polar surface area (TPSA) is 78.1 Å². The van der Waals surface area contributed by atoms with Crippen molar-refractivity contribution in [1.82, 2.24) is 5.32 Å². The Morgan fingerprint density at radius 1 is 1.29 bits per heavy atom. The molecule has 2 unspecified atom stereocenters. The van der Waals surface area contributed by atoms with Crippen LogP contribution in [0.1, 0.15) is 13.8 Å². The molecule has 21 heavy (non-hydrogen) atoms. The van der Waals surface area contributed by atoms with Gasteiger partial charge in [-0.05, 0) is 26.0 Å². The number of ether oxygens (including phenoxy) is 3. The minimum absolute atomic E-state index is 0.0878. The van der Waals surface area contributed by atoms with E-state index >= 15 is 0 Å². The Morgan fingerprint density at radius 3 is 2.67 bits per heavy atom. The molecule has 0 heterocycles. The highest BCUT2D eigenvalue weighted by molar-refractivity contribution is 5.78. The first-order valence-electron chi connectivity index (χ1n) is 6.91. The van der Waals surface area contributed by atoms with E-state index in [0.29, 0.717) is 19.1 Å². The Labute approximate surface area is 126 Å². The van der Waals surface area contributed by atoms with Gasteiger partial charge in [0.1, 0.15) is 17.6 Å². The van der Waals surface area contributed by atoms with E-state index in [1.54, 1.807) is 14.2 Å². The zero-order chi connectivity index (χ0) is 15.7. The predicted molar refractivity (Wildman–Crippen MR) is 84.0 cm³/mol. The third-order valence-electron chi connectivity index (χ3n) is 2.71. The van der Waals surface area contributed by atoms with Gasteiger partial charge in [-0.25, -0.2) is 4.99 Å². The number of benzene rings is 1. The molecule has 0 saturated carbocycles. The summed E-state index contributed by atoms with van der Waals surface area (Å²) in [7, 11) is 3.27. The van der Waals surface area contributed by atoms with Gasteiger partial charge in [-0.2, -0.15) is 0 Å². The van der Waals surface area contributed by atoms with Gasteiger partial charge in [-0.3, -0.25) is 0 Å². The second-order valence-electron chi connectivity index (χ2n) is 4.83. The molecular formula is C15H25N3O3. The second-order valence-corrected chi connectivity index (χ2v) is 4.83. The van der Waals surface area contributed by atoms with Crippen LogP contribution in [0, 0.1) is 0 Å². The fraction of sp³-hybridized carbons (Fsp3) is 0.533. The van der Waals surface area contributed by atoms with Crippen molar-refractivity contribution in [3.8, 4) is 11.5 Å². The average molecular weight is 295 g/mol. The van der Waals surface area contributed by atoms with E-state index in [2.05, 4.69) is 10.3 Å². The van der Waals surface area contributed by atoms with Gasteiger partial charge in [0.2, 0.25) is 0 Å². The minimum Gasteiger partial charge on any atom is -0.497 e. The molecule has 6 nitrogen and oxygen atoms in total. The molecule has 0 aliphatic rings. The van der Waals surface area contributed by atoms with Crippen LogP contribution in [-0.2, 0) is 4.74 Å². The molecule has 2 atom stereocenters. The Morgan fingerprint density at radius 2 is 2.00 bits per heavy atom. The normalized spacial score (nSPS) is 14.4. The van der Waals surface area contributed by atoms with E-state index in [-0.39, 0.29) is 12.1 Å². The van der Waals surface area contributed by atoms with E-state index < -0.39 is 0 Å². The molecular weight excluding hydrogens is 270 g/mol. The van der Waals surface area contributed by atoms with Crippen molar-refractivity contribution < 1.29 is 14.2 Å². The summed E-state index contributed by atoms with van der Waals surface area (Å²) in [5.74, 6) is 1.90. The molecule has 1 rings (SSSR count). The lowest BCUT2D eigenvalue weighted by atomic mass is 10.3. The van der Waals surface area contributed by atoms with E-state index in [0.717, 1.165) is 11.5 Å². The maximum Gasteiger partial charge on any atom is 0.189 e. The molecule has 0 radical (unpaired) electrons. The van der Waals surface area contributed by atoms with Crippen molar-refractivity contribution in [2.24, 2.45) is 10.7 Å². The lowest BCUT2D eigenvalue weighted by Gasteiger charge is -2.15. The SMILES string of the molecule is COCC(C)NC(N)=NCC(C)Oc1cccc(OC)c1. The van der Waals surface area contributed by atoms with Crippen LogP contribution in [0.3, 0.4) is 0 Å². The summed E-state index contributed by atoms with van der Waals surface area (Å²) in [5, 5.41) is 3.05. The molecule has 0 fully saturated rings. The molecule has 0 saturated heterocycles. The van der Waals surface area contributed by atoms with Crippen molar-refractivity contribution in [1.29, 1.82) is 0 Å². The minimum atomic E-state index is -0.0878. The van der Waals surface area contributed by atoms with Crippen molar-refractivity contribution >= 4 is 5.96 Å². The van der Waals surface area contributed by atoms with Crippen LogP contribution in [0.15, 0.2) is 29.3 Å². The van der Waals surface area contributed by atoms with E-state index in [1.807, 2.05) is 38.1 Å². The number of nitrogens with zero attached hydrogens (tertiary/aromatic N) is 1. The van der Waals surface area contributed by atoms with Gasteiger partial charge in [0.15, 0.2) is 5.96 Å². The lowest BCUT2D eigenvalue weighted by molar-refractivity contribution is 0.179. The molecule has 0 spiro atoms. The van der Waals surface area contributed by atoms with Crippen LogP contribution in [0.25, 0.3) is 0 Å². The van der Waals surface area contributed by atoms with Gasteiger partial charge in [-0.1, -0.05) is 6.07 Å².